The Morgan fingerprint density at radius 1 is 1.20 bits per heavy atom. The van der Waals surface area contributed by atoms with Crippen LogP contribution < -0.4 is 10.1 Å². The molecule has 0 radical (unpaired) electrons. The molecule has 0 aliphatic carbocycles. The number of nitrogens with zero attached hydrogens (tertiary/aromatic N) is 2. The first-order valence-corrected chi connectivity index (χ1v) is 7.87. The Labute approximate surface area is 166 Å². The van der Waals surface area contributed by atoms with Gasteiger partial charge in [0.2, 0.25) is 0 Å². The van der Waals surface area contributed by atoms with Crippen LogP contribution in [0.25, 0.3) is 0 Å². The number of hydrogen-bond donors (Lipinski definition) is 2. The molecule has 25 heavy (non-hydrogen) atoms. The molecule has 5 nitrogen and oxygen atoms in total. The Morgan fingerprint density at radius 2 is 1.92 bits per heavy atom. The third-order valence-corrected chi connectivity index (χ3v) is 3.97. The van der Waals surface area contributed by atoms with Crippen molar-refractivity contribution in [2.24, 2.45) is 4.99 Å². The molecule has 2 N–H and O–H groups in total. The Balaban J connectivity index is 0.00000312. The fraction of sp³-hybridized carbons (Fsp3) is 0.316. The molecule has 0 unspecified atom stereocenters. The number of benzene rings is 2. The summed E-state index contributed by atoms with van der Waals surface area (Å²) in [5.74, 6) is 1.72. The molecule has 0 saturated heterocycles. The lowest BCUT2D eigenvalue weighted by Gasteiger charge is -2.23. The Bertz CT molecular complexity index is 720. The van der Waals surface area contributed by atoms with Crippen molar-refractivity contribution in [3.63, 3.8) is 0 Å². The predicted molar refractivity (Wildman–Crippen MR) is 113 cm³/mol. The lowest BCUT2D eigenvalue weighted by atomic mass is 10.1. The number of hydrogen-bond acceptors (Lipinski definition) is 3. The first-order chi connectivity index (χ1) is 11.5. The number of ether oxygens (including phenoxy) is 1. The molecular formula is C19H26IN3O2. The summed E-state index contributed by atoms with van der Waals surface area (Å²) in [6.07, 6.45) is 0. The minimum atomic E-state index is 0. The van der Waals surface area contributed by atoms with Gasteiger partial charge in [0.1, 0.15) is 11.5 Å². The summed E-state index contributed by atoms with van der Waals surface area (Å²) >= 11 is 0. The van der Waals surface area contributed by atoms with E-state index in [2.05, 4.69) is 34.3 Å². The molecule has 2 aromatic carbocycles. The van der Waals surface area contributed by atoms with Crippen molar-refractivity contribution in [1.82, 2.24) is 10.2 Å². The van der Waals surface area contributed by atoms with Gasteiger partial charge < -0.3 is 20.1 Å². The maximum absolute atomic E-state index is 9.98. The monoisotopic (exact) mass is 455 g/mol. The molecular weight excluding hydrogens is 429 g/mol. The van der Waals surface area contributed by atoms with E-state index in [4.69, 9.17) is 4.74 Å². The number of aryl methyl sites for hydroxylation is 1. The highest BCUT2D eigenvalue weighted by atomic mass is 127. The second-order valence-electron chi connectivity index (χ2n) is 5.68. The average Bonchev–Trinajstić information content (AvgIpc) is 2.59. The minimum Gasteiger partial charge on any atom is -0.508 e. The quantitative estimate of drug-likeness (QED) is 0.412. The number of methoxy groups -OCH3 is 1. The molecule has 0 bridgehead atoms. The average molecular weight is 455 g/mol. The van der Waals surface area contributed by atoms with Crippen LogP contribution in [0.3, 0.4) is 0 Å². The highest BCUT2D eigenvalue weighted by molar-refractivity contribution is 14.0. The van der Waals surface area contributed by atoms with Gasteiger partial charge in [0, 0.05) is 32.7 Å². The fourth-order valence-corrected chi connectivity index (χ4v) is 2.51. The Kier molecular flexibility index (Phi) is 8.54. The lowest BCUT2D eigenvalue weighted by molar-refractivity contribution is 0.410. The van der Waals surface area contributed by atoms with Crippen LogP contribution in [0.1, 0.15) is 16.7 Å². The topological polar surface area (TPSA) is 57.1 Å². The van der Waals surface area contributed by atoms with E-state index in [1.165, 1.54) is 11.1 Å². The van der Waals surface area contributed by atoms with Gasteiger partial charge in [-0.3, -0.25) is 4.99 Å². The van der Waals surface area contributed by atoms with Crippen LogP contribution in [0, 0.1) is 6.92 Å². The van der Waals surface area contributed by atoms with Crippen molar-refractivity contribution in [2.45, 2.75) is 20.0 Å². The van der Waals surface area contributed by atoms with Gasteiger partial charge in [-0.15, -0.1) is 24.0 Å². The second kappa shape index (κ2) is 10.1. The number of rotatable bonds is 5. The third kappa shape index (κ3) is 5.81. The molecule has 2 aromatic rings. The maximum Gasteiger partial charge on any atom is 0.193 e. The molecule has 2 rings (SSSR count). The van der Waals surface area contributed by atoms with Gasteiger partial charge in [-0.2, -0.15) is 0 Å². The molecule has 0 saturated carbocycles. The summed E-state index contributed by atoms with van der Waals surface area (Å²) in [5.41, 5.74) is 3.28. The molecule has 0 heterocycles. The van der Waals surface area contributed by atoms with E-state index in [1.54, 1.807) is 26.3 Å². The van der Waals surface area contributed by atoms with Crippen LogP contribution in [0.2, 0.25) is 0 Å². The number of phenols is 1. The summed E-state index contributed by atoms with van der Waals surface area (Å²) in [6, 6.07) is 13.5. The molecule has 0 fully saturated rings. The smallest absolute Gasteiger partial charge is 0.193 e. The number of aliphatic imine (C=N–C) groups is 1. The van der Waals surface area contributed by atoms with E-state index in [1.807, 2.05) is 25.2 Å². The number of halogens is 1. The van der Waals surface area contributed by atoms with Crippen molar-refractivity contribution in [3.05, 3.63) is 59.2 Å². The van der Waals surface area contributed by atoms with Gasteiger partial charge in [0.15, 0.2) is 5.96 Å². The van der Waals surface area contributed by atoms with Crippen LogP contribution in [-0.2, 0) is 13.1 Å². The first-order valence-electron chi connectivity index (χ1n) is 7.87. The van der Waals surface area contributed by atoms with Crippen LogP contribution in [0.15, 0.2) is 47.5 Å². The summed E-state index contributed by atoms with van der Waals surface area (Å²) in [6.45, 7) is 3.33. The minimum absolute atomic E-state index is 0. The highest BCUT2D eigenvalue weighted by Crippen LogP contribution is 2.22. The van der Waals surface area contributed by atoms with Crippen molar-refractivity contribution < 1.29 is 9.84 Å². The molecule has 136 valence electrons. The molecule has 0 spiro atoms. The number of aromatic hydroxyl groups is 1. The van der Waals surface area contributed by atoms with E-state index in [9.17, 15) is 5.11 Å². The number of guanidine groups is 1. The van der Waals surface area contributed by atoms with Gasteiger partial charge in [-0.1, -0.05) is 24.3 Å². The number of nitrogens with one attached hydrogen (secondary N) is 1. The fourth-order valence-electron chi connectivity index (χ4n) is 2.51. The van der Waals surface area contributed by atoms with Crippen LogP contribution in [0.4, 0.5) is 0 Å². The SMILES string of the molecule is CN=C(NCc1cc(OC)ccc1O)N(C)Cc1ccccc1C.I. The zero-order valence-electron chi connectivity index (χ0n) is 15.1. The van der Waals surface area contributed by atoms with E-state index in [0.717, 1.165) is 18.1 Å². The summed E-state index contributed by atoms with van der Waals surface area (Å²) in [5, 5.41) is 13.3. The van der Waals surface area contributed by atoms with Gasteiger partial charge in [-0.05, 0) is 36.2 Å². The zero-order valence-corrected chi connectivity index (χ0v) is 17.4. The van der Waals surface area contributed by atoms with E-state index < -0.39 is 0 Å². The Morgan fingerprint density at radius 3 is 2.56 bits per heavy atom. The highest BCUT2D eigenvalue weighted by Gasteiger charge is 2.10. The first kappa shape index (κ1) is 21.1. The third-order valence-electron chi connectivity index (χ3n) is 3.97. The Hall–Kier alpha value is -1.96. The van der Waals surface area contributed by atoms with Crippen LogP contribution >= 0.6 is 24.0 Å². The van der Waals surface area contributed by atoms with Gasteiger partial charge >= 0.3 is 0 Å². The summed E-state index contributed by atoms with van der Waals surface area (Å²) in [4.78, 5) is 6.37. The predicted octanol–water partition coefficient (Wildman–Crippen LogP) is 3.53. The summed E-state index contributed by atoms with van der Waals surface area (Å²) < 4.78 is 5.20. The normalized spacial score (nSPS) is 10.8. The molecule has 0 amide bonds. The second-order valence-corrected chi connectivity index (χ2v) is 5.68. The van der Waals surface area contributed by atoms with Gasteiger partial charge in [0.05, 0.1) is 7.11 Å². The van der Waals surface area contributed by atoms with Crippen molar-refractivity contribution >= 4 is 29.9 Å². The van der Waals surface area contributed by atoms with Gasteiger partial charge in [0.25, 0.3) is 0 Å². The van der Waals surface area contributed by atoms with Crippen LogP contribution in [-0.4, -0.2) is 37.2 Å². The molecule has 0 aliphatic rings. The molecule has 0 aliphatic heterocycles. The van der Waals surface area contributed by atoms with Crippen molar-refractivity contribution in [1.29, 1.82) is 0 Å². The molecule has 6 heteroatoms. The number of phenolic OH excluding ortho intramolecular Hbond substituents is 1. The zero-order chi connectivity index (χ0) is 17.5. The van der Waals surface area contributed by atoms with Crippen LogP contribution in [0.5, 0.6) is 11.5 Å². The molecule has 0 aromatic heterocycles. The molecule has 0 atom stereocenters. The van der Waals surface area contributed by atoms with E-state index in [0.29, 0.717) is 12.3 Å². The largest absolute Gasteiger partial charge is 0.508 e. The van der Waals surface area contributed by atoms with E-state index in [-0.39, 0.29) is 29.7 Å². The van der Waals surface area contributed by atoms with E-state index >= 15 is 0 Å². The summed E-state index contributed by atoms with van der Waals surface area (Å²) in [7, 11) is 5.35. The standard InChI is InChI=1S/C19H25N3O2.HI/c1-14-7-5-6-8-15(14)13-22(3)19(20-2)21-12-16-11-17(24-4)9-10-18(16)23;/h5-11,23H,12-13H2,1-4H3,(H,20,21);1H. The maximum atomic E-state index is 9.98. The van der Waals surface area contributed by atoms with Gasteiger partial charge in [-0.25, -0.2) is 0 Å². The van der Waals surface area contributed by atoms with Crippen molar-refractivity contribution in [2.75, 3.05) is 21.2 Å². The lowest BCUT2D eigenvalue weighted by Crippen LogP contribution is -2.38. The van der Waals surface area contributed by atoms with Crippen molar-refractivity contribution in [3.8, 4) is 11.5 Å².